The minimum atomic E-state index is -3.30. The molecule has 0 aromatic carbocycles. The lowest BCUT2D eigenvalue weighted by molar-refractivity contribution is -0.139. The van der Waals surface area contributed by atoms with Crippen LogP contribution in [-0.4, -0.2) is 71.9 Å². The minimum absolute atomic E-state index is 0.0790. The second-order valence-electron chi connectivity index (χ2n) is 6.73. The van der Waals surface area contributed by atoms with E-state index in [9.17, 15) is 18.0 Å². The molecule has 2 aliphatic rings. The summed E-state index contributed by atoms with van der Waals surface area (Å²) in [6.07, 6.45) is 0. The third-order valence-electron chi connectivity index (χ3n) is 4.55. The lowest BCUT2D eigenvalue weighted by Gasteiger charge is -2.44. The lowest BCUT2D eigenvalue weighted by Crippen LogP contribution is -2.62. The number of fused-ring (bicyclic) bond motifs is 1. The summed E-state index contributed by atoms with van der Waals surface area (Å²) < 4.78 is 29.3. The zero-order valence-electron chi connectivity index (χ0n) is 13.9. The maximum atomic E-state index is 12.7. The van der Waals surface area contributed by atoms with Gasteiger partial charge in [-0.1, -0.05) is 19.0 Å². The number of sulfone groups is 1. The molecule has 9 heteroatoms. The van der Waals surface area contributed by atoms with Crippen LogP contribution in [0.5, 0.6) is 0 Å². The first-order valence-corrected chi connectivity index (χ1v) is 9.77. The fourth-order valence-corrected chi connectivity index (χ4v) is 5.40. The SMILES string of the molecule is Cc1cc(C(=O)N2CCN(C(=O)C(C)C)[C@@H]3CS(=O)(=O)C[C@@H]32)on1. The van der Waals surface area contributed by atoms with Crippen LogP contribution in [-0.2, 0) is 14.6 Å². The molecule has 0 radical (unpaired) electrons. The van der Waals surface area contributed by atoms with Crippen LogP contribution >= 0.6 is 0 Å². The number of carbonyl (C=O) groups is 2. The number of aromatic nitrogens is 1. The molecule has 2 saturated heterocycles. The van der Waals surface area contributed by atoms with Gasteiger partial charge in [0.05, 0.1) is 29.3 Å². The number of hydrogen-bond donors (Lipinski definition) is 0. The van der Waals surface area contributed by atoms with E-state index in [4.69, 9.17) is 4.52 Å². The highest BCUT2D eigenvalue weighted by molar-refractivity contribution is 7.91. The Bertz CT molecular complexity index is 770. The summed E-state index contributed by atoms with van der Waals surface area (Å²) in [4.78, 5) is 28.2. The molecule has 2 amide bonds. The van der Waals surface area contributed by atoms with Gasteiger partial charge in [0.15, 0.2) is 9.84 Å². The fraction of sp³-hybridized carbons (Fsp3) is 0.667. The zero-order valence-corrected chi connectivity index (χ0v) is 14.7. The summed E-state index contributed by atoms with van der Waals surface area (Å²) in [5, 5.41) is 3.71. The molecule has 2 atom stereocenters. The smallest absolute Gasteiger partial charge is 0.292 e. The molecule has 1 aromatic rings. The Kier molecular flexibility index (Phi) is 4.15. The van der Waals surface area contributed by atoms with Crippen molar-refractivity contribution in [2.45, 2.75) is 32.9 Å². The first kappa shape index (κ1) is 16.9. The summed E-state index contributed by atoms with van der Waals surface area (Å²) in [7, 11) is -3.30. The van der Waals surface area contributed by atoms with E-state index in [-0.39, 0.29) is 41.5 Å². The van der Waals surface area contributed by atoms with Crippen molar-refractivity contribution in [3.8, 4) is 0 Å². The van der Waals surface area contributed by atoms with E-state index >= 15 is 0 Å². The van der Waals surface area contributed by atoms with Crippen molar-refractivity contribution in [1.82, 2.24) is 15.0 Å². The number of rotatable bonds is 2. The summed E-state index contributed by atoms with van der Waals surface area (Å²) in [5.74, 6) is -0.801. The predicted octanol–water partition coefficient (Wildman–Crippen LogP) is 0.0890. The van der Waals surface area contributed by atoms with E-state index in [1.165, 1.54) is 11.0 Å². The number of carbonyl (C=O) groups excluding carboxylic acids is 2. The van der Waals surface area contributed by atoms with E-state index in [0.717, 1.165) is 0 Å². The highest BCUT2D eigenvalue weighted by Crippen LogP contribution is 2.29. The Morgan fingerprint density at radius 2 is 1.79 bits per heavy atom. The zero-order chi connectivity index (χ0) is 17.6. The molecule has 3 rings (SSSR count). The van der Waals surface area contributed by atoms with Gasteiger partial charge in [-0.25, -0.2) is 8.42 Å². The Morgan fingerprint density at radius 1 is 1.21 bits per heavy atom. The van der Waals surface area contributed by atoms with Crippen molar-refractivity contribution < 1.29 is 22.5 Å². The van der Waals surface area contributed by atoms with Crippen LogP contribution in [0.25, 0.3) is 0 Å². The van der Waals surface area contributed by atoms with Crippen molar-refractivity contribution in [3.05, 3.63) is 17.5 Å². The second-order valence-corrected chi connectivity index (χ2v) is 8.88. The highest BCUT2D eigenvalue weighted by Gasteiger charge is 2.50. The van der Waals surface area contributed by atoms with Gasteiger partial charge in [-0.15, -0.1) is 0 Å². The van der Waals surface area contributed by atoms with Crippen molar-refractivity contribution in [3.63, 3.8) is 0 Å². The average Bonchev–Trinajstić information content (AvgIpc) is 3.06. The van der Waals surface area contributed by atoms with E-state index in [1.807, 2.05) is 0 Å². The normalized spacial score (nSPS) is 25.8. The minimum Gasteiger partial charge on any atom is -0.351 e. The van der Waals surface area contributed by atoms with Crippen molar-refractivity contribution in [1.29, 1.82) is 0 Å². The number of piperazine rings is 1. The summed E-state index contributed by atoms with van der Waals surface area (Å²) in [5.41, 5.74) is 0.586. The van der Waals surface area contributed by atoms with Gasteiger partial charge in [0.25, 0.3) is 5.91 Å². The first-order valence-electron chi connectivity index (χ1n) is 7.95. The fourth-order valence-electron chi connectivity index (χ4n) is 3.42. The Balaban J connectivity index is 1.90. The van der Waals surface area contributed by atoms with Crippen molar-refractivity contribution in [2.24, 2.45) is 5.92 Å². The first-order chi connectivity index (χ1) is 11.2. The summed E-state index contributed by atoms with van der Waals surface area (Å²) in [6, 6.07) is 0.503. The summed E-state index contributed by atoms with van der Waals surface area (Å²) >= 11 is 0. The molecule has 0 unspecified atom stereocenters. The Labute approximate surface area is 140 Å². The molecule has 0 aliphatic carbocycles. The van der Waals surface area contributed by atoms with Crippen LogP contribution < -0.4 is 0 Å². The van der Waals surface area contributed by atoms with Gasteiger partial charge in [0, 0.05) is 25.1 Å². The quantitative estimate of drug-likeness (QED) is 0.745. The van der Waals surface area contributed by atoms with Crippen LogP contribution in [0, 0.1) is 12.8 Å². The number of aryl methyl sites for hydroxylation is 1. The largest absolute Gasteiger partial charge is 0.351 e. The van der Waals surface area contributed by atoms with Gasteiger partial charge < -0.3 is 14.3 Å². The molecule has 1 aromatic heterocycles. The molecular weight excluding hydrogens is 334 g/mol. The van der Waals surface area contributed by atoms with Crippen LogP contribution in [0.15, 0.2) is 10.6 Å². The summed E-state index contributed by atoms with van der Waals surface area (Å²) in [6.45, 7) is 5.90. The lowest BCUT2D eigenvalue weighted by atomic mass is 10.0. The number of hydrogen-bond acceptors (Lipinski definition) is 6. The van der Waals surface area contributed by atoms with Crippen LogP contribution in [0.3, 0.4) is 0 Å². The molecule has 8 nitrogen and oxygen atoms in total. The monoisotopic (exact) mass is 355 g/mol. The molecule has 2 fully saturated rings. The maximum absolute atomic E-state index is 12.7. The molecule has 132 valence electrons. The van der Waals surface area contributed by atoms with E-state index < -0.39 is 21.9 Å². The number of amides is 2. The second kappa shape index (κ2) is 5.87. The van der Waals surface area contributed by atoms with Gasteiger partial charge in [-0.05, 0) is 6.92 Å². The molecule has 0 N–H and O–H groups in total. The van der Waals surface area contributed by atoms with Crippen molar-refractivity contribution in [2.75, 3.05) is 24.6 Å². The molecular formula is C15H21N3O5S. The maximum Gasteiger partial charge on any atom is 0.292 e. The number of nitrogens with zero attached hydrogens (tertiary/aromatic N) is 3. The van der Waals surface area contributed by atoms with Gasteiger partial charge in [-0.2, -0.15) is 0 Å². The van der Waals surface area contributed by atoms with E-state index in [1.54, 1.807) is 25.7 Å². The molecule has 0 saturated carbocycles. The molecule has 0 spiro atoms. The molecule has 24 heavy (non-hydrogen) atoms. The topological polar surface area (TPSA) is 101 Å². The molecule has 0 bridgehead atoms. The van der Waals surface area contributed by atoms with Crippen LogP contribution in [0.4, 0.5) is 0 Å². The van der Waals surface area contributed by atoms with E-state index in [0.29, 0.717) is 12.2 Å². The molecule has 2 aliphatic heterocycles. The highest BCUT2D eigenvalue weighted by atomic mass is 32.2. The Hall–Kier alpha value is -1.90. The van der Waals surface area contributed by atoms with Crippen LogP contribution in [0.1, 0.15) is 30.1 Å². The third kappa shape index (κ3) is 2.92. The van der Waals surface area contributed by atoms with Crippen molar-refractivity contribution >= 4 is 21.7 Å². The van der Waals surface area contributed by atoms with Gasteiger partial charge in [-0.3, -0.25) is 9.59 Å². The third-order valence-corrected chi connectivity index (χ3v) is 6.25. The van der Waals surface area contributed by atoms with Crippen LogP contribution in [0.2, 0.25) is 0 Å². The predicted molar refractivity (Wildman–Crippen MR) is 85.1 cm³/mol. The standard InChI is InChI=1S/C15H21N3O5S/c1-9(2)14(19)17-4-5-18(12-8-24(21,22)7-11(12)17)15(20)13-6-10(3)16-23-13/h6,9,11-12H,4-5,7-8H2,1-3H3/t11-,12+/m1/s1. The Morgan fingerprint density at radius 3 is 2.33 bits per heavy atom. The average molecular weight is 355 g/mol. The van der Waals surface area contributed by atoms with Gasteiger partial charge in [0.1, 0.15) is 0 Å². The molecule has 3 heterocycles. The van der Waals surface area contributed by atoms with E-state index in [2.05, 4.69) is 5.16 Å². The van der Waals surface area contributed by atoms with Gasteiger partial charge >= 0.3 is 0 Å². The van der Waals surface area contributed by atoms with Gasteiger partial charge in [0.2, 0.25) is 11.7 Å².